The van der Waals surface area contributed by atoms with E-state index in [2.05, 4.69) is 9.93 Å². The maximum atomic E-state index is 12.5. The summed E-state index contributed by atoms with van der Waals surface area (Å²) in [6.45, 7) is 0.203. The smallest absolute Gasteiger partial charge is 0.280 e. The molecule has 0 aliphatic rings. The number of furan rings is 1. The Bertz CT molecular complexity index is 1140. The highest BCUT2D eigenvalue weighted by Gasteiger charge is 2.19. The van der Waals surface area contributed by atoms with Crippen LogP contribution in [0, 0.1) is 0 Å². The fourth-order valence-corrected chi connectivity index (χ4v) is 3.52. The Kier molecular flexibility index (Phi) is 7.03. The van der Waals surface area contributed by atoms with Crippen molar-refractivity contribution >= 4 is 16.2 Å². The van der Waals surface area contributed by atoms with E-state index in [0.717, 1.165) is 5.75 Å². The molecule has 164 valence electrons. The lowest BCUT2D eigenvalue weighted by atomic mass is 10.3. The molecular weight excluding hydrogens is 424 g/mol. The van der Waals surface area contributed by atoms with Crippen LogP contribution in [0.15, 0.2) is 69.0 Å². The zero-order valence-corrected chi connectivity index (χ0v) is 18.0. The molecular formula is C21H22N2O7S. The first-order valence-electron chi connectivity index (χ1n) is 9.07. The van der Waals surface area contributed by atoms with Crippen molar-refractivity contribution in [1.82, 2.24) is 4.83 Å². The van der Waals surface area contributed by atoms with Crippen molar-refractivity contribution in [3.63, 3.8) is 0 Å². The second kappa shape index (κ2) is 9.90. The highest BCUT2D eigenvalue weighted by Crippen LogP contribution is 2.28. The quantitative estimate of drug-likeness (QED) is 0.376. The summed E-state index contributed by atoms with van der Waals surface area (Å²) < 4.78 is 51.5. The lowest BCUT2D eigenvalue weighted by Crippen LogP contribution is -2.19. The van der Waals surface area contributed by atoms with Gasteiger partial charge in [0.2, 0.25) is 0 Å². The van der Waals surface area contributed by atoms with Gasteiger partial charge in [-0.25, -0.2) is 0 Å². The van der Waals surface area contributed by atoms with Crippen molar-refractivity contribution < 1.29 is 31.8 Å². The summed E-state index contributed by atoms with van der Waals surface area (Å²) in [4.78, 5) is 2.06. The summed E-state index contributed by atoms with van der Waals surface area (Å²) in [6.07, 6.45) is 1.25. The largest absolute Gasteiger partial charge is 0.497 e. The SMILES string of the molecule is COc1ccc(OCc2ccc(/C=N/NS(=O)(=O)c3ccc(OC)cc3OC)o2)cc1. The Balaban J connectivity index is 1.60. The van der Waals surface area contributed by atoms with Crippen LogP contribution < -0.4 is 23.8 Å². The summed E-state index contributed by atoms with van der Waals surface area (Å²) in [5.41, 5.74) is 0. The van der Waals surface area contributed by atoms with Crippen LogP contribution in [0.25, 0.3) is 0 Å². The molecule has 3 rings (SSSR count). The maximum Gasteiger partial charge on any atom is 0.280 e. The van der Waals surface area contributed by atoms with Crippen LogP contribution in [0.1, 0.15) is 11.5 Å². The first-order chi connectivity index (χ1) is 14.9. The first kappa shape index (κ1) is 22.0. The highest BCUT2D eigenvalue weighted by atomic mass is 32.2. The van der Waals surface area contributed by atoms with Crippen LogP contribution in [0.4, 0.5) is 0 Å². The third kappa shape index (κ3) is 5.70. The van der Waals surface area contributed by atoms with Crippen LogP contribution in [-0.4, -0.2) is 36.0 Å². The van der Waals surface area contributed by atoms with E-state index in [1.807, 2.05) is 0 Å². The summed E-state index contributed by atoms with van der Waals surface area (Å²) >= 11 is 0. The fourth-order valence-electron chi connectivity index (χ4n) is 2.57. The summed E-state index contributed by atoms with van der Waals surface area (Å²) in [6, 6.07) is 14.9. The van der Waals surface area contributed by atoms with Gasteiger partial charge in [-0.1, -0.05) is 0 Å². The molecule has 0 unspecified atom stereocenters. The van der Waals surface area contributed by atoms with Gasteiger partial charge in [0.25, 0.3) is 10.0 Å². The Morgan fingerprint density at radius 1 is 0.903 bits per heavy atom. The topological polar surface area (TPSA) is 109 Å². The molecule has 10 heteroatoms. The number of nitrogens with one attached hydrogen (secondary N) is 1. The van der Waals surface area contributed by atoms with Gasteiger partial charge in [-0.2, -0.15) is 18.4 Å². The molecule has 0 radical (unpaired) electrons. The van der Waals surface area contributed by atoms with Crippen LogP contribution in [-0.2, 0) is 16.6 Å². The molecule has 1 N–H and O–H groups in total. The van der Waals surface area contributed by atoms with Crippen molar-refractivity contribution in [2.75, 3.05) is 21.3 Å². The van der Waals surface area contributed by atoms with Gasteiger partial charge in [0.05, 0.1) is 27.5 Å². The Morgan fingerprint density at radius 3 is 2.26 bits per heavy atom. The third-order valence-corrected chi connectivity index (χ3v) is 5.41. The van der Waals surface area contributed by atoms with Gasteiger partial charge in [0.1, 0.15) is 46.0 Å². The van der Waals surface area contributed by atoms with Crippen LogP contribution in [0.5, 0.6) is 23.0 Å². The number of hydrazone groups is 1. The molecule has 0 spiro atoms. The Hall–Kier alpha value is -3.66. The van der Waals surface area contributed by atoms with Gasteiger partial charge >= 0.3 is 0 Å². The van der Waals surface area contributed by atoms with Gasteiger partial charge in [-0.3, -0.25) is 0 Å². The Labute approximate surface area is 180 Å². The van der Waals surface area contributed by atoms with Gasteiger partial charge in [-0.15, -0.1) is 0 Å². The van der Waals surface area contributed by atoms with E-state index < -0.39 is 10.0 Å². The van der Waals surface area contributed by atoms with E-state index in [-0.39, 0.29) is 17.3 Å². The fraction of sp³-hybridized carbons (Fsp3) is 0.190. The Morgan fingerprint density at radius 2 is 1.58 bits per heavy atom. The highest BCUT2D eigenvalue weighted by molar-refractivity contribution is 7.89. The molecule has 0 saturated heterocycles. The predicted molar refractivity (Wildman–Crippen MR) is 113 cm³/mol. The van der Waals surface area contributed by atoms with Gasteiger partial charge in [-0.05, 0) is 48.5 Å². The first-order valence-corrected chi connectivity index (χ1v) is 10.6. The predicted octanol–water partition coefficient (Wildman–Crippen LogP) is 3.20. The molecule has 0 aliphatic heterocycles. The van der Waals surface area contributed by atoms with Gasteiger partial charge in [0.15, 0.2) is 0 Å². The second-order valence-corrected chi connectivity index (χ2v) is 7.77. The molecule has 2 aromatic carbocycles. The number of hydrogen-bond donors (Lipinski definition) is 1. The molecule has 1 aromatic heterocycles. The van der Waals surface area contributed by atoms with Crippen molar-refractivity contribution in [3.8, 4) is 23.0 Å². The van der Waals surface area contributed by atoms with E-state index in [9.17, 15) is 8.42 Å². The molecule has 31 heavy (non-hydrogen) atoms. The molecule has 0 saturated carbocycles. The molecule has 9 nitrogen and oxygen atoms in total. The standard InChI is InChI=1S/C21H22N2O7S/c1-26-15-4-6-16(7-5-15)29-14-19-9-8-18(30-19)13-22-23-31(24,25)21-11-10-17(27-2)12-20(21)28-3/h4-13,23H,14H2,1-3H3/b22-13+. The lowest BCUT2D eigenvalue weighted by molar-refractivity contribution is 0.269. The van der Waals surface area contributed by atoms with Crippen molar-refractivity contribution in [2.45, 2.75) is 11.5 Å². The van der Waals surface area contributed by atoms with E-state index in [0.29, 0.717) is 23.0 Å². The zero-order valence-electron chi connectivity index (χ0n) is 17.2. The summed E-state index contributed by atoms with van der Waals surface area (Å²) in [5.74, 6) is 2.92. The minimum Gasteiger partial charge on any atom is -0.497 e. The number of rotatable bonds is 10. The maximum absolute atomic E-state index is 12.5. The van der Waals surface area contributed by atoms with E-state index in [1.165, 1.54) is 38.6 Å². The van der Waals surface area contributed by atoms with E-state index in [1.54, 1.807) is 43.5 Å². The van der Waals surface area contributed by atoms with Gasteiger partial charge in [0, 0.05) is 6.07 Å². The monoisotopic (exact) mass is 446 g/mol. The van der Waals surface area contributed by atoms with Crippen molar-refractivity contribution in [2.24, 2.45) is 5.10 Å². The average molecular weight is 446 g/mol. The minimum absolute atomic E-state index is 0.0685. The summed E-state index contributed by atoms with van der Waals surface area (Å²) in [5, 5.41) is 3.76. The number of methoxy groups -OCH3 is 3. The van der Waals surface area contributed by atoms with Gasteiger partial charge < -0.3 is 23.4 Å². The van der Waals surface area contributed by atoms with E-state index in [4.69, 9.17) is 23.4 Å². The second-order valence-electron chi connectivity index (χ2n) is 6.14. The summed E-state index contributed by atoms with van der Waals surface area (Å²) in [7, 11) is 0.492. The molecule has 0 fully saturated rings. The molecule has 0 atom stereocenters. The molecule has 1 heterocycles. The van der Waals surface area contributed by atoms with E-state index >= 15 is 0 Å². The zero-order chi connectivity index (χ0) is 22.3. The molecule has 3 aromatic rings. The third-order valence-electron chi connectivity index (χ3n) is 4.15. The van der Waals surface area contributed by atoms with Crippen molar-refractivity contribution in [1.29, 1.82) is 0 Å². The average Bonchev–Trinajstić information content (AvgIpc) is 3.25. The lowest BCUT2D eigenvalue weighted by Gasteiger charge is -2.10. The molecule has 0 amide bonds. The number of benzene rings is 2. The minimum atomic E-state index is -3.95. The normalized spacial score (nSPS) is 11.3. The van der Waals surface area contributed by atoms with Crippen LogP contribution in [0.2, 0.25) is 0 Å². The number of sulfonamides is 1. The number of hydrogen-bond acceptors (Lipinski definition) is 8. The number of nitrogens with zero attached hydrogens (tertiary/aromatic N) is 1. The van der Waals surface area contributed by atoms with Crippen LogP contribution in [0.3, 0.4) is 0 Å². The van der Waals surface area contributed by atoms with Crippen molar-refractivity contribution in [3.05, 3.63) is 66.1 Å². The molecule has 0 aliphatic carbocycles. The van der Waals surface area contributed by atoms with Crippen LogP contribution >= 0.6 is 0 Å². The molecule has 0 bridgehead atoms. The number of ether oxygens (including phenoxy) is 4.